The molecule has 2 aromatic rings. The van der Waals surface area contributed by atoms with E-state index in [1.807, 2.05) is 29.2 Å². The number of rotatable bonds is 6. The first-order chi connectivity index (χ1) is 16.7. The van der Waals surface area contributed by atoms with Gasteiger partial charge in [0.25, 0.3) is 0 Å². The molecule has 2 unspecified atom stereocenters. The minimum Gasteiger partial charge on any atom is -0.385 e. The third-order valence-electron chi connectivity index (χ3n) is 7.57. The first kappa shape index (κ1) is 26.1. The molecule has 2 fully saturated rings. The van der Waals surface area contributed by atoms with Gasteiger partial charge >= 0.3 is 0 Å². The molecule has 35 heavy (non-hydrogen) atoms. The van der Waals surface area contributed by atoms with E-state index in [0.29, 0.717) is 57.1 Å². The van der Waals surface area contributed by atoms with Gasteiger partial charge in [0.05, 0.1) is 11.7 Å². The zero-order chi connectivity index (χ0) is 25.1. The maximum absolute atomic E-state index is 13.2. The van der Waals surface area contributed by atoms with Gasteiger partial charge in [-0.1, -0.05) is 49.7 Å². The van der Waals surface area contributed by atoms with Crippen LogP contribution in [0.2, 0.25) is 5.02 Å². The summed E-state index contributed by atoms with van der Waals surface area (Å²) in [7, 11) is 0. The van der Waals surface area contributed by atoms with Crippen LogP contribution in [0.4, 0.5) is 4.39 Å². The third-order valence-corrected chi connectivity index (χ3v) is 7.82. The minimum atomic E-state index is -0.937. The molecule has 2 aromatic carbocycles. The number of piperidine rings is 1. The number of hydrogen-bond acceptors (Lipinski definition) is 4. The summed E-state index contributed by atoms with van der Waals surface area (Å²) in [6, 6.07) is 13.9. The molecule has 2 aliphatic rings. The zero-order valence-electron chi connectivity index (χ0n) is 20.7. The Kier molecular flexibility index (Phi) is 8.16. The van der Waals surface area contributed by atoms with Gasteiger partial charge in [0.2, 0.25) is 5.91 Å². The predicted molar refractivity (Wildman–Crippen MR) is 136 cm³/mol. The van der Waals surface area contributed by atoms with E-state index in [-0.39, 0.29) is 23.2 Å². The molecule has 2 heterocycles. The van der Waals surface area contributed by atoms with E-state index < -0.39 is 5.60 Å². The Morgan fingerprint density at radius 1 is 1.14 bits per heavy atom. The average Bonchev–Trinajstić information content (AvgIpc) is 3.07. The van der Waals surface area contributed by atoms with Gasteiger partial charge in [0, 0.05) is 62.6 Å². The number of hydrogen-bond donors (Lipinski definition) is 1. The number of halogens is 2. The van der Waals surface area contributed by atoms with E-state index in [1.165, 1.54) is 12.1 Å². The lowest BCUT2D eigenvalue weighted by Gasteiger charge is -2.50. The summed E-state index contributed by atoms with van der Waals surface area (Å²) in [5.74, 6) is -0.115. The predicted octanol–water partition coefficient (Wildman–Crippen LogP) is 4.65. The Morgan fingerprint density at radius 3 is 2.54 bits per heavy atom. The lowest BCUT2D eigenvalue weighted by molar-refractivity contribution is -0.136. The monoisotopic (exact) mass is 502 g/mol. The highest BCUT2D eigenvalue weighted by molar-refractivity contribution is 6.30. The number of carbonyl (C=O) groups is 1. The van der Waals surface area contributed by atoms with Crippen LogP contribution in [0, 0.1) is 11.2 Å². The van der Waals surface area contributed by atoms with Crippen molar-refractivity contribution in [3.8, 4) is 0 Å². The van der Waals surface area contributed by atoms with Gasteiger partial charge in [0.1, 0.15) is 5.82 Å². The molecular weight excluding hydrogens is 467 g/mol. The number of likely N-dealkylation sites (tertiary alicyclic amines) is 1. The van der Waals surface area contributed by atoms with Gasteiger partial charge in [-0.3, -0.25) is 4.79 Å². The number of amides is 1. The highest BCUT2D eigenvalue weighted by Crippen LogP contribution is 2.46. The molecule has 0 bridgehead atoms. The molecule has 0 saturated carbocycles. The van der Waals surface area contributed by atoms with Gasteiger partial charge in [-0.2, -0.15) is 0 Å². The summed E-state index contributed by atoms with van der Waals surface area (Å²) in [5.41, 5.74) is 0.584. The molecule has 0 aromatic heterocycles. The van der Waals surface area contributed by atoms with Crippen molar-refractivity contribution in [2.75, 3.05) is 39.3 Å². The molecule has 5 nitrogen and oxygen atoms in total. The van der Waals surface area contributed by atoms with Crippen molar-refractivity contribution in [3.05, 3.63) is 70.5 Å². The quantitative estimate of drug-likeness (QED) is 0.624. The maximum atomic E-state index is 13.2. The number of aliphatic hydroxyl groups is 1. The Bertz CT molecular complexity index is 998. The van der Waals surface area contributed by atoms with Crippen LogP contribution < -0.4 is 0 Å². The third kappa shape index (κ3) is 6.23. The number of ether oxygens (including phenoxy) is 1. The van der Waals surface area contributed by atoms with E-state index in [1.54, 1.807) is 12.1 Å². The molecule has 4 rings (SSSR count). The molecule has 2 saturated heterocycles. The number of carbonyl (C=O) groups excluding carboxylic acids is 1. The lowest BCUT2D eigenvalue weighted by Crippen LogP contribution is -2.55. The molecule has 1 amide bonds. The van der Waals surface area contributed by atoms with Crippen LogP contribution in [0.1, 0.15) is 44.2 Å². The fourth-order valence-electron chi connectivity index (χ4n) is 5.42. The smallest absolute Gasteiger partial charge is 0.223 e. The molecular formula is C28H36ClFN2O3. The van der Waals surface area contributed by atoms with Crippen LogP contribution >= 0.6 is 11.6 Å². The van der Waals surface area contributed by atoms with Crippen molar-refractivity contribution in [1.29, 1.82) is 0 Å². The zero-order valence-corrected chi connectivity index (χ0v) is 21.4. The number of benzene rings is 2. The van der Waals surface area contributed by atoms with Crippen LogP contribution in [0.5, 0.6) is 0 Å². The Labute approximate surface area is 212 Å². The summed E-state index contributed by atoms with van der Waals surface area (Å²) in [5, 5.41) is 12.2. The van der Waals surface area contributed by atoms with Crippen molar-refractivity contribution in [2.45, 2.75) is 51.2 Å². The molecule has 7 heteroatoms. The summed E-state index contributed by atoms with van der Waals surface area (Å²) < 4.78 is 19.2. The van der Waals surface area contributed by atoms with E-state index in [0.717, 1.165) is 24.1 Å². The van der Waals surface area contributed by atoms with Gasteiger partial charge in [0.15, 0.2) is 0 Å². The second-order valence-electron chi connectivity index (χ2n) is 10.5. The molecule has 1 N–H and O–H groups in total. The van der Waals surface area contributed by atoms with Crippen molar-refractivity contribution in [2.24, 2.45) is 5.41 Å². The van der Waals surface area contributed by atoms with Crippen LogP contribution in [0.25, 0.3) is 0 Å². The van der Waals surface area contributed by atoms with Crippen LogP contribution in [-0.2, 0) is 21.6 Å². The van der Waals surface area contributed by atoms with Crippen LogP contribution in [-0.4, -0.2) is 66.2 Å². The summed E-state index contributed by atoms with van der Waals surface area (Å²) in [6.45, 7) is 8.14. The fourth-order valence-corrected chi connectivity index (χ4v) is 5.55. The van der Waals surface area contributed by atoms with Crippen molar-refractivity contribution in [3.63, 3.8) is 0 Å². The maximum Gasteiger partial charge on any atom is 0.223 e. The van der Waals surface area contributed by atoms with Gasteiger partial charge in [-0.05, 0) is 48.2 Å². The van der Waals surface area contributed by atoms with E-state index in [9.17, 15) is 14.3 Å². The highest BCUT2D eigenvalue weighted by Gasteiger charge is 2.48. The normalized spacial score (nSPS) is 25.3. The standard InChI is InChI=1S/C28H36ClFN2O3/c1-27(2)20-31(16-13-28(27,34)22-6-8-23(29)9-7-22)15-12-26(33)32-14-3-17-35-25(19-32)18-21-4-10-24(30)11-5-21/h4-11,25,34H,3,12-20H2,1-2H3. The molecule has 0 aliphatic carbocycles. The van der Waals surface area contributed by atoms with E-state index in [2.05, 4.69) is 18.7 Å². The molecule has 0 radical (unpaired) electrons. The molecule has 0 spiro atoms. The van der Waals surface area contributed by atoms with Crippen molar-refractivity contribution in [1.82, 2.24) is 9.80 Å². The highest BCUT2D eigenvalue weighted by atomic mass is 35.5. The molecule has 2 aliphatic heterocycles. The average molecular weight is 503 g/mol. The lowest BCUT2D eigenvalue weighted by atomic mass is 9.66. The second-order valence-corrected chi connectivity index (χ2v) is 11.0. The molecule has 2 atom stereocenters. The van der Waals surface area contributed by atoms with Gasteiger partial charge in [-0.25, -0.2) is 4.39 Å². The summed E-state index contributed by atoms with van der Waals surface area (Å²) in [6.07, 6.45) is 2.44. The van der Waals surface area contributed by atoms with Crippen LogP contribution in [0.3, 0.4) is 0 Å². The van der Waals surface area contributed by atoms with E-state index >= 15 is 0 Å². The Balaban J connectivity index is 1.31. The topological polar surface area (TPSA) is 53.0 Å². The fraction of sp³-hybridized carbons (Fsp3) is 0.536. The van der Waals surface area contributed by atoms with Gasteiger partial charge < -0.3 is 19.6 Å². The first-order valence-corrected chi connectivity index (χ1v) is 12.9. The minimum absolute atomic E-state index is 0.0878. The van der Waals surface area contributed by atoms with Crippen LogP contribution in [0.15, 0.2) is 48.5 Å². The Hall–Kier alpha value is -1.99. The van der Waals surface area contributed by atoms with Crippen molar-refractivity contribution >= 4 is 17.5 Å². The second kappa shape index (κ2) is 11.0. The number of nitrogens with zero attached hydrogens (tertiary/aromatic N) is 2. The van der Waals surface area contributed by atoms with Gasteiger partial charge in [-0.15, -0.1) is 0 Å². The summed E-state index contributed by atoms with van der Waals surface area (Å²) in [4.78, 5) is 17.3. The Morgan fingerprint density at radius 2 is 1.86 bits per heavy atom. The SMILES string of the molecule is CC1(C)CN(CCC(=O)N2CCCOC(Cc3ccc(F)cc3)C2)CCC1(O)c1ccc(Cl)cc1. The van der Waals surface area contributed by atoms with E-state index in [4.69, 9.17) is 16.3 Å². The summed E-state index contributed by atoms with van der Waals surface area (Å²) >= 11 is 6.04. The molecule has 190 valence electrons. The van der Waals surface area contributed by atoms with Crippen molar-refractivity contribution < 1.29 is 19.0 Å². The first-order valence-electron chi connectivity index (χ1n) is 12.5. The largest absolute Gasteiger partial charge is 0.385 e.